The molecule has 0 radical (unpaired) electrons. The molecule has 2 aliphatic heterocycles. The van der Waals surface area contributed by atoms with Crippen LogP contribution in [0.5, 0.6) is 11.5 Å². The number of hydrogen-bond acceptors (Lipinski definition) is 6. The standard InChI is InChI=1S/C17H15N3O3/c1-21-16-7-11-6-14-15(23-9-22-14)8-13(11)17(20-19-16)10-2-4-12(18)5-3-10/h2-6,8H,7,9,18H2,1H3. The second-order valence-corrected chi connectivity index (χ2v) is 5.31. The highest BCUT2D eigenvalue weighted by molar-refractivity contribution is 6.15. The Hall–Kier alpha value is -3.02. The number of nitrogens with zero attached hydrogens (tertiary/aromatic N) is 2. The summed E-state index contributed by atoms with van der Waals surface area (Å²) < 4.78 is 16.3. The van der Waals surface area contributed by atoms with E-state index in [0.29, 0.717) is 23.8 Å². The first-order valence-corrected chi connectivity index (χ1v) is 7.22. The highest BCUT2D eigenvalue weighted by Crippen LogP contribution is 2.36. The quantitative estimate of drug-likeness (QED) is 0.820. The maximum Gasteiger partial charge on any atom is 0.231 e. The van der Waals surface area contributed by atoms with E-state index in [0.717, 1.165) is 28.2 Å². The van der Waals surface area contributed by atoms with Crippen molar-refractivity contribution < 1.29 is 14.2 Å². The van der Waals surface area contributed by atoms with Crippen LogP contribution < -0.4 is 15.2 Å². The van der Waals surface area contributed by atoms with Gasteiger partial charge in [-0.2, -0.15) is 0 Å². The van der Waals surface area contributed by atoms with Crippen LogP contribution in [0.3, 0.4) is 0 Å². The van der Waals surface area contributed by atoms with Crippen molar-refractivity contribution in [2.24, 2.45) is 10.2 Å². The predicted octanol–water partition coefficient (Wildman–Crippen LogP) is 2.35. The second kappa shape index (κ2) is 5.31. The molecule has 0 aromatic heterocycles. The third-order valence-electron chi connectivity index (χ3n) is 3.88. The summed E-state index contributed by atoms with van der Waals surface area (Å²) in [6.45, 7) is 0.234. The number of ether oxygens (including phenoxy) is 3. The zero-order chi connectivity index (χ0) is 15.8. The molecule has 2 aromatic carbocycles. The van der Waals surface area contributed by atoms with Crippen molar-refractivity contribution >= 4 is 17.3 Å². The first-order chi connectivity index (χ1) is 11.2. The van der Waals surface area contributed by atoms with E-state index in [1.807, 2.05) is 36.4 Å². The van der Waals surface area contributed by atoms with Gasteiger partial charge in [0.15, 0.2) is 11.5 Å². The first-order valence-electron chi connectivity index (χ1n) is 7.22. The van der Waals surface area contributed by atoms with E-state index in [4.69, 9.17) is 19.9 Å². The molecule has 0 spiro atoms. The van der Waals surface area contributed by atoms with E-state index >= 15 is 0 Å². The van der Waals surface area contributed by atoms with Crippen LogP contribution in [0.25, 0.3) is 0 Å². The lowest BCUT2D eigenvalue weighted by Crippen LogP contribution is -2.08. The Morgan fingerprint density at radius 2 is 1.78 bits per heavy atom. The topological polar surface area (TPSA) is 78.4 Å². The van der Waals surface area contributed by atoms with E-state index in [-0.39, 0.29) is 6.79 Å². The fourth-order valence-electron chi connectivity index (χ4n) is 2.68. The molecule has 4 rings (SSSR count). The summed E-state index contributed by atoms with van der Waals surface area (Å²) in [5.74, 6) is 2.00. The second-order valence-electron chi connectivity index (χ2n) is 5.31. The van der Waals surface area contributed by atoms with Gasteiger partial charge in [0.25, 0.3) is 0 Å². The fraction of sp³-hybridized carbons (Fsp3) is 0.176. The molecule has 0 saturated carbocycles. The Balaban J connectivity index is 1.89. The summed E-state index contributed by atoms with van der Waals surface area (Å²) in [6.07, 6.45) is 0.546. The van der Waals surface area contributed by atoms with Crippen LogP contribution in [-0.2, 0) is 11.2 Å². The summed E-state index contributed by atoms with van der Waals surface area (Å²) in [5.41, 5.74) is 10.1. The Morgan fingerprint density at radius 3 is 2.52 bits per heavy atom. The van der Waals surface area contributed by atoms with Gasteiger partial charge < -0.3 is 19.9 Å². The van der Waals surface area contributed by atoms with Crippen molar-refractivity contribution in [2.45, 2.75) is 6.42 Å². The molecule has 23 heavy (non-hydrogen) atoms. The van der Waals surface area contributed by atoms with Crippen LogP contribution in [0.1, 0.15) is 16.7 Å². The summed E-state index contributed by atoms with van der Waals surface area (Å²) in [6, 6.07) is 11.4. The van der Waals surface area contributed by atoms with Crippen LogP contribution in [0.2, 0.25) is 0 Å². The number of nitrogens with two attached hydrogens (primary N) is 1. The number of fused-ring (bicyclic) bond motifs is 2. The van der Waals surface area contributed by atoms with Crippen molar-refractivity contribution in [2.75, 3.05) is 19.6 Å². The van der Waals surface area contributed by atoms with Crippen molar-refractivity contribution in [3.8, 4) is 11.5 Å². The average molecular weight is 309 g/mol. The molecule has 2 aromatic rings. The fourth-order valence-corrected chi connectivity index (χ4v) is 2.68. The van der Waals surface area contributed by atoms with Gasteiger partial charge in [-0.1, -0.05) is 12.1 Å². The third-order valence-corrected chi connectivity index (χ3v) is 3.88. The lowest BCUT2D eigenvalue weighted by atomic mass is 9.95. The third kappa shape index (κ3) is 2.38. The molecule has 2 N–H and O–H groups in total. The molecule has 0 amide bonds. The van der Waals surface area contributed by atoms with Gasteiger partial charge in [0.2, 0.25) is 12.7 Å². The normalized spacial score (nSPS) is 15.3. The van der Waals surface area contributed by atoms with Crippen LogP contribution in [0.4, 0.5) is 5.69 Å². The Kier molecular flexibility index (Phi) is 3.15. The Morgan fingerprint density at radius 1 is 1.04 bits per heavy atom. The highest BCUT2D eigenvalue weighted by atomic mass is 16.7. The molecule has 116 valence electrons. The van der Waals surface area contributed by atoms with Gasteiger partial charge in [-0.05, 0) is 29.8 Å². The summed E-state index contributed by atoms with van der Waals surface area (Å²) >= 11 is 0. The van der Waals surface area contributed by atoms with Gasteiger partial charge in [0.05, 0.1) is 13.5 Å². The summed E-state index contributed by atoms with van der Waals surface area (Å²) in [5, 5.41) is 8.59. The minimum absolute atomic E-state index is 0.234. The number of hydrogen-bond donors (Lipinski definition) is 1. The largest absolute Gasteiger partial charge is 0.483 e. The van der Waals surface area contributed by atoms with E-state index in [1.54, 1.807) is 7.11 Å². The molecule has 2 heterocycles. The van der Waals surface area contributed by atoms with E-state index in [1.165, 1.54) is 0 Å². The number of nitrogen functional groups attached to an aromatic ring is 1. The van der Waals surface area contributed by atoms with E-state index in [9.17, 15) is 0 Å². The summed E-state index contributed by atoms with van der Waals surface area (Å²) in [7, 11) is 1.59. The number of rotatable bonds is 1. The van der Waals surface area contributed by atoms with Gasteiger partial charge >= 0.3 is 0 Å². The molecule has 0 fully saturated rings. The smallest absolute Gasteiger partial charge is 0.231 e. The number of anilines is 1. The van der Waals surface area contributed by atoms with Crippen LogP contribution in [0.15, 0.2) is 46.6 Å². The molecule has 6 heteroatoms. The van der Waals surface area contributed by atoms with Gasteiger partial charge in [0, 0.05) is 16.8 Å². The van der Waals surface area contributed by atoms with Gasteiger partial charge in [-0.3, -0.25) is 0 Å². The van der Waals surface area contributed by atoms with Crippen LogP contribution in [0, 0.1) is 0 Å². The zero-order valence-electron chi connectivity index (χ0n) is 12.6. The zero-order valence-corrected chi connectivity index (χ0v) is 12.6. The van der Waals surface area contributed by atoms with E-state index < -0.39 is 0 Å². The SMILES string of the molecule is COC1=NN=C(c2ccc(N)cc2)c2cc3c(cc2C1)OCO3. The maximum atomic E-state index is 5.78. The van der Waals surface area contributed by atoms with Crippen molar-refractivity contribution in [1.82, 2.24) is 0 Å². The molecule has 0 aliphatic carbocycles. The molecule has 2 aliphatic rings. The van der Waals surface area contributed by atoms with Gasteiger partial charge in [-0.25, -0.2) is 0 Å². The highest BCUT2D eigenvalue weighted by Gasteiger charge is 2.23. The maximum absolute atomic E-state index is 5.78. The molecular weight excluding hydrogens is 294 g/mol. The Labute approximate surface area is 133 Å². The monoisotopic (exact) mass is 309 g/mol. The van der Waals surface area contributed by atoms with Crippen molar-refractivity contribution in [3.05, 3.63) is 53.1 Å². The minimum Gasteiger partial charge on any atom is -0.483 e. The molecule has 0 atom stereocenters. The lowest BCUT2D eigenvalue weighted by molar-refractivity contribution is 0.174. The molecule has 0 saturated heterocycles. The predicted molar refractivity (Wildman–Crippen MR) is 87.2 cm³/mol. The molecule has 0 unspecified atom stereocenters. The minimum atomic E-state index is 0.234. The number of benzene rings is 2. The van der Waals surface area contributed by atoms with Crippen molar-refractivity contribution in [1.29, 1.82) is 0 Å². The summed E-state index contributed by atoms with van der Waals surface area (Å²) in [4.78, 5) is 0. The first kappa shape index (κ1) is 13.6. The van der Waals surface area contributed by atoms with Crippen molar-refractivity contribution in [3.63, 3.8) is 0 Å². The van der Waals surface area contributed by atoms with Gasteiger partial charge in [-0.15, -0.1) is 10.2 Å². The molecule has 0 bridgehead atoms. The lowest BCUT2D eigenvalue weighted by Gasteiger charge is -2.11. The van der Waals surface area contributed by atoms with Crippen LogP contribution >= 0.6 is 0 Å². The van der Waals surface area contributed by atoms with Crippen LogP contribution in [-0.4, -0.2) is 25.5 Å². The van der Waals surface area contributed by atoms with E-state index in [2.05, 4.69) is 10.2 Å². The number of methoxy groups -OCH3 is 1. The average Bonchev–Trinajstić information content (AvgIpc) is 2.94. The molecular formula is C17H15N3O3. The molecule has 6 nitrogen and oxygen atoms in total. The Bertz CT molecular complexity index is 826. The van der Waals surface area contributed by atoms with Gasteiger partial charge in [0.1, 0.15) is 5.71 Å².